The molecule has 0 spiro atoms. The van der Waals surface area contributed by atoms with Crippen LogP contribution in [0.5, 0.6) is 11.5 Å². The molecule has 1 aliphatic heterocycles. The van der Waals surface area contributed by atoms with Gasteiger partial charge in [0.05, 0.1) is 13.2 Å². The SMILES string of the molecule is O=C(NCc1ccc2c(c1)OCCCO2)c1cnc(-c2cccnc2)[nH]c1=O. The smallest absolute Gasteiger partial charge is 0.264 e. The van der Waals surface area contributed by atoms with Crippen LogP contribution >= 0.6 is 0 Å². The first kappa shape index (κ1) is 17.7. The van der Waals surface area contributed by atoms with Crippen LogP contribution in [0.4, 0.5) is 0 Å². The van der Waals surface area contributed by atoms with Gasteiger partial charge in [0.25, 0.3) is 11.5 Å². The molecule has 0 aliphatic carbocycles. The van der Waals surface area contributed by atoms with E-state index in [4.69, 9.17) is 9.47 Å². The summed E-state index contributed by atoms with van der Waals surface area (Å²) >= 11 is 0. The molecular weight excluding hydrogens is 360 g/mol. The second-order valence-electron chi connectivity index (χ2n) is 6.23. The quantitative estimate of drug-likeness (QED) is 0.718. The Hall–Kier alpha value is -3.68. The third kappa shape index (κ3) is 3.85. The molecule has 2 N–H and O–H groups in total. The van der Waals surface area contributed by atoms with Crippen LogP contribution in [0.2, 0.25) is 0 Å². The summed E-state index contributed by atoms with van der Waals surface area (Å²) in [4.78, 5) is 35.4. The van der Waals surface area contributed by atoms with Crippen molar-refractivity contribution in [2.24, 2.45) is 0 Å². The molecule has 0 saturated heterocycles. The van der Waals surface area contributed by atoms with Crippen molar-refractivity contribution in [3.63, 3.8) is 0 Å². The maximum Gasteiger partial charge on any atom is 0.264 e. The number of rotatable bonds is 4. The lowest BCUT2D eigenvalue weighted by Gasteiger charge is -2.10. The van der Waals surface area contributed by atoms with Crippen LogP contribution in [0.15, 0.2) is 53.7 Å². The molecule has 8 nitrogen and oxygen atoms in total. The van der Waals surface area contributed by atoms with E-state index in [1.54, 1.807) is 24.5 Å². The van der Waals surface area contributed by atoms with Gasteiger partial charge in [-0.1, -0.05) is 6.07 Å². The van der Waals surface area contributed by atoms with E-state index in [1.165, 1.54) is 6.20 Å². The van der Waals surface area contributed by atoms with Gasteiger partial charge in [-0.15, -0.1) is 0 Å². The van der Waals surface area contributed by atoms with Crippen LogP contribution in [-0.4, -0.2) is 34.1 Å². The Bertz CT molecular complexity index is 1050. The van der Waals surface area contributed by atoms with Crippen LogP contribution in [0, 0.1) is 0 Å². The van der Waals surface area contributed by atoms with Crippen molar-refractivity contribution < 1.29 is 14.3 Å². The number of aromatic amines is 1. The number of pyridine rings is 1. The van der Waals surface area contributed by atoms with Crippen LogP contribution in [0.25, 0.3) is 11.4 Å². The molecule has 0 saturated carbocycles. The summed E-state index contributed by atoms with van der Waals surface area (Å²) in [5.74, 6) is 1.21. The number of ether oxygens (including phenoxy) is 2. The van der Waals surface area contributed by atoms with Crippen LogP contribution in [0.1, 0.15) is 22.3 Å². The van der Waals surface area contributed by atoms with Crippen molar-refractivity contribution in [3.05, 3.63) is 70.4 Å². The summed E-state index contributed by atoms with van der Waals surface area (Å²) in [6, 6.07) is 9.01. The van der Waals surface area contributed by atoms with Gasteiger partial charge >= 0.3 is 0 Å². The molecule has 0 fully saturated rings. The average Bonchev–Trinajstić information content (AvgIpc) is 2.97. The number of hydrogen-bond acceptors (Lipinski definition) is 6. The zero-order valence-corrected chi connectivity index (χ0v) is 15.0. The summed E-state index contributed by atoms with van der Waals surface area (Å²) in [6.45, 7) is 1.46. The van der Waals surface area contributed by atoms with E-state index < -0.39 is 11.5 Å². The summed E-state index contributed by atoms with van der Waals surface area (Å²) in [5, 5.41) is 2.73. The fraction of sp³-hybridized carbons (Fsp3) is 0.200. The first-order chi connectivity index (χ1) is 13.7. The maximum absolute atomic E-state index is 12.4. The Morgan fingerprint density at radius 1 is 1.14 bits per heavy atom. The molecular formula is C20H18N4O4. The standard InChI is InChI=1S/C20H18N4O4/c25-19(15-12-22-18(24-20(15)26)14-3-1-6-21-11-14)23-10-13-4-5-16-17(9-13)28-8-2-7-27-16/h1,3-6,9,11-12H,2,7-8,10H2,(H,23,25)(H,22,24,26). The lowest BCUT2D eigenvalue weighted by atomic mass is 10.2. The van der Waals surface area contributed by atoms with Crippen LogP contribution in [0.3, 0.4) is 0 Å². The van der Waals surface area contributed by atoms with Gasteiger partial charge in [-0.05, 0) is 29.8 Å². The van der Waals surface area contributed by atoms with Gasteiger partial charge < -0.3 is 19.8 Å². The van der Waals surface area contributed by atoms with Crippen molar-refractivity contribution >= 4 is 5.91 Å². The highest BCUT2D eigenvalue weighted by Gasteiger charge is 2.14. The topological polar surface area (TPSA) is 106 Å². The van der Waals surface area contributed by atoms with Crippen LogP contribution in [-0.2, 0) is 6.54 Å². The average molecular weight is 378 g/mol. The number of H-pyrrole nitrogens is 1. The summed E-state index contributed by atoms with van der Waals surface area (Å²) < 4.78 is 11.2. The number of nitrogens with one attached hydrogen (secondary N) is 2. The molecule has 142 valence electrons. The Kier molecular flexibility index (Phi) is 5.01. The number of nitrogens with zero attached hydrogens (tertiary/aromatic N) is 2. The minimum Gasteiger partial charge on any atom is -0.490 e. The second kappa shape index (κ2) is 7.91. The number of carbonyl (C=O) groups is 1. The van der Waals surface area contributed by atoms with Crippen molar-refractivity contribution in [1.29, 1.82) is 0 Å². The van der Waals surface area contributed by atoms with Crippen molar-refractivity contribution in [1.82, 2.24) is 20.3 Å². The second-order valence-corrected chi connectivity index (χ2v) is 6.23. The number of amides is 1. The largest absolute Gasteiger partial charge is 0.490 e. The van der Waals surface area contributed by atoms with Gasteiger partial charge in [0.1, 0.15) is 11.4 Å². The molecule has 1 aromatic carbocycles. The Labute approximate surface area is 160 Å². The molecule has 3 aromatic rings. The van der Waals surface area contributed by atoms with Gasteiger partial charge in [0.2, 0.25) is 0 Å². The number of hydrogen-bond donors (Lipinski definition) is 2. The van der Waals surface area contributed by atoms with Crippen molar-refractivity contribution in [2.75, 3.05) is 13.2 Å². The predicted molar refractivity (Wildman–Crippen MR) is 101 cm³/mol. The molecule has 1 aliphatic rings. The zero-order chi connectivity index (χ0) is 19.3. The third-order valence-corrected chi connectivity index (χ3v) is 4.24. The normalized spacial score (nSPS) is 12.9. The maximum atomic E-state index is 12.4. The van der Waals surface area contributed by atoms with Gasteiger partial charge in [0, 0.05) is 37.1 Å². The lowest BCUT2D eigenvalue weighted by molar-refractivity contribution is 0.0949. The summed E-state index contributed by atoms with van der Waals surface area (Å²) in [7, 11) is 0. The molecule has 3 heterocycles. The molecule has 1 amide bonds. The summed E-state index contributed by atoms with van der Waals surface area (Å²) in [6.07, 6.45) is 5.31. The van der Waals surface area contributed by atoms with Gasteiger partial charge in [-0.25, -0.2) is 4.98 Å². The number of fused-ring (bicyclic) bond motifs is 1. The van der Waals surface area contributed by atoms with E-state index in [-0.39, 0.29) is 12.1 Å². The van der Waals surface area contributed by atoms with Crippen LogP contribution < -0.4 is 20.3 Å². The van der Waals surface area contributed by atoms with E-state index in [0.29, 0.717) is 36.1 Å². The number of benzene rings is 1. The monoisotopic (exact) mass is 378 g/mol. The Morgan fingerprint density at radius 2 is 2.00 bits per heavy atom. The molecule has 8 heteroatoms. The van der Waals surface area contributed by atoms with E-state index in [0.717, 1.165) is 12.0 Å². The highest BCUT2D eigenvalue weighted by atomic mass is 16.5. The van der Waals surface area contributed by atoms with E-state index in [1.807, 2.05) is 18.2 Å². The molecule has 0 radical (unpaired) electrons. The van der Waals surface area contributed by atoms with Gasteiger partial charge in [0.15, 0.2) is 11.5 Å². The van der Waals surface area contributed by atoms with Crippen molar-refractivity contribution in [2.45, 2.75) is 13.0 Å². The number of carbonyl (C=O) groups excluding carboxylic acids is 1. The Balaban J connectivity index is 1.45. The van der Waals surface area contributed by atoms with Gasteiger partial charge in [-0.2, -0.15) is 0 Å². The van der Waals surface area contributed by atoms with E-state index in [2.05, 4.69) is 20.3 Å². The Morgan fingerprint density at radius 3 is 2.79 bits per heavy atom. The fourth-order valence-electron chi connectivity index (χ4n) is 2.80. The van der Waals surface area contributed by atoms with E-state index in [9.17, 15) is 9.59 Å². The third-order valence-electron chi connectivity index (χ3n) is 4.24. The number of aromatic nitrogens is 3. The minimum absolute atomic E-state index is 0.0537. The first-order valence-corrected chi connectivity index (χ1v) is 8.87. The lowest BCUT2D eigenvalue weighted by Crippen LogP contribution is -2.29. The predicted octanol–water partition coefficient (Wildman–Crippen LogP) is 1.92. The van der Waals surface area contributed by atoms with Gasteiger partial charge in [-0.3, -0.25) is 14.6 Å². The molecule has 28 heavy (non-hydrogen) atoms. The van der Waals surface area contributed by atoms with E-state index >= 15 is 0 Å². The first-order valence-electron chi connectivity index (χ1n) is 8.87. The molecule has 4 rings (SSSR count). The summed E-state index contributed by atoms with van der Waals surface area (Å²) in [5.41, 5.74) is 0.944. The molecule has 0 bridgehead atoms. The molecule has 0 unspecified atom stereocenters. The fourth-order valence-corrected chi connectivity index (χ4v) is 2.80. The highest BCUT2D eigenvalue weighted by molar-refractivity contribution is 5.93. The molecule has 2 aromatic heterocycles. The highest BCUT2D eigenvalue weighted by Crippen LogP contribution is 2.30. The minimum atomic E-state index is -0.509. The van der Waals surface area contributed by atoms with Crippen molar-refractivity contribution in [3.8, 4) is 22.9 Å². The molecule has 0 atom stereocenters. The zero-order valence-electron chi connectivity index (χ0n) is 15.0.